The maximum atomic E-state index is 12.8. The van der Waals surface area contributed by atoms with Crippen LogP contribution in [0.4, 0.5) is 0 Å². The standard InChI is InChI=1S/C23H27N3O5/c1-14-7-8-15(2)19(11-14)30-16(3)23(27)26(4)13-21-24-22(25-31-21)18-10-9-17(28-5)12-20(18)29-6/h7-12,16H,13H2,1-6H3/t16-/m0/s1. The Hall–Kier alpha value is -3.55. The number of carbonyl (C=O) groups is 1. The lowest BCUT2D eigenvalue weighted by atomic mass is 10.1. The summed E-state index contributed by atoms with van der Waals surface area (Å²) in [5.41, 5.74) is 2.71. The first-order valence-corrected chi connectivity index (χ1v) is 9.86. The molecule has 3 rings (SSSR count). The molecule has 2 aromatic carbocycles. The Morgan fingerprint density at radius 1 is 1.10 bits per heavy atom. The van der Waals surface area contributed by atoms with Crippen molar-refractivity contribution in [2.45, 2.75) is 33.4 Å². The Morgan fingerprint density at radius 3 is 2.58 bits per heavy atom. The van der Waals surface area contributed by atoms with Crippen LogP contribution in [0.1, 0.15) is 23.9 Å². The van der Waals surface area contributed by atoms with E-state index in [1.165, 1.54) is 4.90 Å². The molecule has 8 nitrogen and oxygen atoms in total. The first-order valence-electron chi connectivity index (χ1n) is 9.86. The zero-order valence-electron chi connectivity index (χ0n) is 18.6. The Morgan fingerprint density at radius 2 is 1.87 bits per heavy atom. The molecule has 1 aromatic heterocycles. The molecule has 0 aliphatic carbocycles. The van der Waals surface area contributed by atoms with Crippen molar-refractivity contribution in [1.29, 1.82) is 0 Å². The molecule has 1 heterocycles. The second-order valence-corrected chi connectivity index (χ2v) is 7.30. The van der Waals surface area contributed by atoms with Gasteiger partial charge in [0.2, 0.25) is 11.7 Å². The van der Waals surface area contributed by atoms with E-state index >= 15 is 0 Å². The molecular weight excluding hydrogens is 398 g/mol. The molecule has 1 amide bonds. The van der Waals surface area contributed by atoms with Crippen molar-refractivity contribution in [3.8, 4) is 28.6 Å². The molecule has 8 heteroatoms. The van der Waals surface area contributed by atoms with Crippen molar-refractivity contribution in [2.75, 3.05) is 21.3 Å². The summed E-state index contributed by atoms with van der Waals surface area (Å²) in [5, 5.41) is 4.02. The highest BCUT2D eigenvalue weighted by Crippen LogP contribution is 2.31. The van der Waals surface area contributed by atoms with Crippen molar-refractivity contribution in [3.05, 3.63) is 53.4 Å². The van der Waals surface area contributed by atoms with Crippen LogP contribution in [0.25, 0.3) is 11.4 Å². The van der Waals surface area contributed by atoms with Crippen molar-refractivity contribution in [3.63, 3.8) is 0 Å². The van der Waals surface area contributed by atoms with Crippen molar-refractivity contribution in [1.82, 2.24) is 15.0 Å². The van der Waals surface area contributed by atoms with Crippen LogP contribution in [0.2, 0.25) is 0 Å². The lowest BCUT2D eigenvalue weighted by Crippen LogP contribution is -2.37. The summed E-state index contributed by atoms with van der Waals surface area (Å²) in [6.07, 6.45) is -0.658. The van der Waals surface area contributed by atoms with Crippen LogP contribution < -0.4 is 14.2 Å². The van der Waals surface area contributed by atoms with E-state index in [-0.39, 0.29) is 12.5 Å². The molecule has 0 saturated carbocycles. The van der Waals surface area contributed by atoms with Gasteiger partial charge in [0.1, 0.15) is 17.2 Å². The van der Waals surface area contributed by atoms with Crippen LogP contribution in [0.5, 0.6) is 17.2 Å². The maximum Gasteiger partial charge on any atom is 0.263 e. The van der Waals surface area contributed by atoms with Gasteiger partial charge >= 0.3 is 0 Å². The zero-order chi connectivity index (χ0) is 22.5. The summed E-state index contributed by atoms with van der Waals surface area (Å²) in [5.74, 6) is 2.40. The van der Waals surface area contributed by atoms with Gasteiger partial charge in [-0.3, -0.25) is 4.79 Å². The molecule has 0 spiro atoms. The van der Waals surface area contributed by atoms with Gasteiger partial charge in [0.25, 0.3) is 5.91 Å². The van der Waals surface area contributed by atoms with Gasteiger partial charge in [0.15, 0.2) is 6.10 Å². The number of likely N-dealkylation sites (N-methyl/N-ethyl adjacent to an activating group) is 1. The molecule has 164 valence electrons. The number of rotatable bonds is 8. The normalized spacial score (nSPS) is 11.7. The van der Waals surface area contributed by atoms with Crippen LogP contribution in [-0.2, 0) is 11.3 Å². The van der Waals surface area contributed by atoms with E-state index < -0.39 is 6.10 Å². The molecule has 0 unspecified atom stereocenters. The number of methoxy groups -OCH3 is 2. The average Bonchev–Trinajstić information content (AvgIpc) is 3.23. The number of benzene rings is 2. The molecule has 0 aliphatic heterocycles. The third-order valence-corrected chi connectivity index (χ3v) is 4.86. The minimum absolute atomic E-state index is 0.158. The van der Waals surface area contributed by atoms with E-state index in [2.05, 4.69) is 10.1 Å². The Labute approximate surface area is 181 Å². The summed E-state index contributed by atoms with van der Waals surface area (Å²) in [6.45, 7) is 5.81. The third-order valence-electron chi connectivity index (χ3n) is 4.86. The van der Waals surface area contributed by atoms with Crippen molar-refractivity contribution < 1.29 is 23.5 Å². The van der Waals surface area contributed by atoms with Crippen LogP contribution in [0, 0.1) is 13.8 Å². The number of aryl methyl sites for hydroxylation is 2. The summed E-state index contributed by atoms with van der Waals surface area (Å²) in [7, 11) is 4.81. The fourth-order valence-corrected chi connectivity index (χ4v) is 3.08. The van der Waals surface area contributed by atoms with Crippen LogP contribution in [0.15, 0.2) is 40.9 Å². The molecule has 0 saturated heterocycles. The smallest absolute Gasteiger partial charge is 0.263 e. The number of hydrogen-bond donors (Lipinski definition) is 0. The highest BCUT2D eigenvalue weighted by Gasteiger charge is 2.22. The Bertz CT molecular complexity index is 1060. The highest BCUT2D eigenvalue weighted by molar-refractivity contribution is 5.80. The highest BCUT2D eigenvalue weighted by atomic mass is 16.5. The number of amides is 1. The lowest BCUT2D eigenvalue weighted by Gasteiger charge is -2.21. The van der Waals surface area contributed by atoms with Gasteiger partial charge < -0.3 is 23.6 Å². The number of carbonyl (C=O) groups excluding carboxylic acids is 1. The maximum absolute atomic E-state index is 12.8. The molecule has 3 aromatic rings. The fraction of sp³-hybridized carbons (Fsp3) is 0.348. The summed E-state index contributed by atoms with van der Waals surface area (Å²) in [6, 6.07) is 11.2. The monoisotopic (exact) mass is 425 g/mol. The van der Waals surface area contributed by atoms with E-state index in [4.69, 9.17) is 18.7 Å². The minimum atomic E-state index is -0.658. The Kier molecular flexibility index (Phi) is 6.79. The van der Waals surface area contributed by atoms with Gasteiger partial charge in [0.05, 0.1) is 26.3 Å². The van der Waals surface area contributed by atoms with E-state index in [0.29, 0.717) is 34.5 Å². The fourth-order valence-electron chi connectivity index (χ4n) is 3.08. The van der Waals surface area contributed by atoms with Gasteiger partial charge in [-0.25, -0.2) is 0 Å². The number of nitrogens with zero attached hydrogens (tertiary/aromatic N) is 3. The molecule has 0 N–H and O–H groups in total. The molecule has 0 aliphatic rings. The summed E-state index contributed by atoms with van der Waals surface area (Å²) >= 11 is 0. The van der Waals surface area contributed by atoms with E-state index in [1.807, 2.05) is 32.0 Å². The zero-order valence-corrected chi connectivity index (χ0v) is 18.6. The van der Waals surface area contributed by atoms with Gasteiger partial charge in [-0.2, -0.15) is 4.98 Å². The predicted octanol–water partition coefficient (Wildman–Crippen LogP) is 3.80. The number of hydrogen-bond acceptors (Lipinski definition) is 7. The predicted molar refractivity (Wildman–Crippen MR) is 115 cm³/mol. The van der Waals surface area contributed by atoms with Crippen molar-refractivity contribution >= 4 is 5.91 Å². The van der Waals surface area contributed by atoms with E-state index in [0.717, 1.165) is 11.1 Å². The van der Waals surface area contributed by atoms with Crippen molar-refractivity contribution in [2.24, 2.45) is 0 Å². The number of ether oxygens (including phenoxy) is 3. The second kappa shape index (κ2) is 9.51. The molecular formula is C23H27N3O5. The first-order chi connectivity index (χ1) is 14.8. The van der Waals surface area contributed by atoms with Gasteiger partial charge in [-0.1, -0.05) is 17.3 Å². The lowest BCUT2D eigenvalue weighted by molar-refractivity contribution is -0.137. The van der Waals surface area contributed by atoms with Crippen LogP contribution in [-0.4, -0.2) is 48.3 Å². The molecule has 0 radical (unpaired) electrons. The molecule has 31 heavy (non-hydrogen) atoms. The van der Waals surface area contributed by atoms with Gasteiger partial charge in [-0.05, 0) is 50.1 Å². The molecule has 1 atom stereocenters. The van der Waals surface area contributed by atoms with Gasteiger partial charge in [0, 0.05) is 13.1 Å². The first kappa shape index (κ1) is 22.1. The molecule has 0 fully saturated rings. The van der Waals surface area contributed by atoms with Gasteiger partial charge in [-0.15, -0.1) is 0 Å². The Balaban J connectivity index is 1.68. The molecule has 0 bridgehead atoms. The van der Waals surface area contributed by atoms with E-state index in [1.54, 1.807) is 46.4 Å². The van der Waals surface area contributed by atoms with Crippen LogP contribution in [0.3, 0.4) is 0 Å². The third kappa shape index (κ3) is 5.14. The SMILES string of the molecule is COc1ccc(-c2noc(CN(C)C(=O)[C@H](C)Oc3cc(C)ccc3C)n2)c(OC)c1. The quantitative estimate of drug-likeness (QED) is 0.542. The van der Waals surface area contributed by atoms with E-state index in [9.17, 15) is 4.79 Å². The number of aromatic nitrogens is 2. The summed E-state index contributed by atoms with van der Waals surface area (Å²) in [4.78, 5) is 18.7. The second-order valence-electron chi connectivity index (χ2n) is 7.30. The van der Waals surface area contributed by atoms with Crippen LogP contribution >= 0.6 is 0 Å². The largest absolute Gasteiger partial charge is 0.497 e. The average molecular weight is 425 g/mol. The topological polar surface area (TPSA) is 86.9 Å². The summed E-state index contributed by atoms with van der Waals surface area (Å²) < 4.78 is 21.8. The minimum Gasteiger partial charge on any atom is -0.497 e.